The minimum atomic E-state index is -0.678. The zero-order valence-electron chi connectivity index (χ0n) is 16.8. The number of esters is 1. The second-order valence-corrected chi connectivity index (χ2v) is 7.69. The lowest BCUT2D eigenvalue weighted by Gasteiger charge is -2.19. The summed E-state index contributed by atoms with van der Waals surface area (Å²) in [5.41, 5.74) is 1.26. The molecule has 0 aliphatic heterocycles. The van der Waals surface area contributed by atoms with Gasteiger partial charge >= 0.3 is 12.0 Å². The van der Waals surface area contributed by atoms with Crippen LogP contribution in [0.2, 0.25) is 0 Å². The van der Waals surface area contributed by atoms with Crippen molar-refractivity contribution >= 4 is 17.9 Å². The molecule has 0 spiro atoms. The van der Waals surface area contributed by atoms with Crippen molar-refractivity contribution in [2.75, 3.05) is 19.8 Å². The van der Waals surface area contributed by atoms with Gasteiger partial charge in [-0.1, -0.05) is 46.8 Å². The number of carbonyl (C=O) groups excluding carboxylic acids is 3. The summed E-state index contributed by atoms with van der Waals surface area (Å²) >= 11 is 0. The molecule has 1 rings (SSSR count). The third kappa shape index (κ3) is 9.63. The Morgan fingerprint density at radius 1 is 1.07 bits per heavy atom. The lowest BCUT2D eigenvalue weighted by molar-refractivity contribution is -0.148. The van der Waals surface area contributed by atoms with Gasteiger partial charge in [-0.2, -0.15) is 0 Å². The maximum Gasteiger partial charge on any atom is 0.321 e. The molecule has 0 fully saturated rings. The molecule has 0 saturated heterocycles. The van der Waals surface area contributed by atoms with E-state index in [0.29, 0.717) is 12.3 Å². The van der Waals surface area contributed by atoms with Gasteiger partial charge in [-0.05, 0) is 29.0 Å². The highest BCUT2D eigenvalue weighted by Crippen LogP contribution is 2.24. The molecule has 0 bridgehead atoms. The largest absolute Gasteiger partial charge is 0.493 e. The van der Waals surface area contributed by atoms with E-state index in [1.54, 1.807) is 0 Å². The average Bonchev–Trinajstić information content (AvgIpc) is 2.58. The van der Waals surface area contributed by atoms with Gasteiger partial charge < -0.3 is 14.8 Å². The highest BCUT2D eigenvalue weighted by Gasteiger charge is 2.13. The maximum atomic E-state index is 11.6. The topological polar surface area (TPSA) is 93.7 Å². The van der Waals surface area contributed by atoms with Crippen LogP contribution in [0, 0.1) is 5.92 Å². The minimum Gasteiger partial charge on any atom is -0.493 e. The minimum absolute atomic E-state index is 0.00779. The van der Waals surface area contributed by atoms with Crippen molar-refractivity contribution in [2.45, 2.75) is 46.5 Å². The fraction of sp³-hybridized carbons (Fsp3) is 0.550. The summed E-state index contributed by atoms with van der Waals surface area (Å²) in [5.74, 6) is -0.314. The number of rotatable bonds is 8. The normalized spacial score (nSPS) is 11.0. The van der Waals surface area contributed by atoms with E-state index in [4.69, 9.17) is 9.47 Å². The second-order valence-electron chi connectivity index (χ2n) is 7.69. The molecule has 0 heterocycles. The molecule has 0 radical (unpaired) electrons. The van der Waals surface area contributed by atoms with Gasteiger partial charge in [-0.3, -0.25) is 14.9 Å². The summed E-state index contributed by atoms with van der Waals surface area (Å²) in [5, 5.41) is 4.63. The molecule has 7 nitrogen and oxygen atoms in total. The van der Waals surface area contributed by atoms with Gasteiger partial charge in [0.05, 0.1) is 13.0 Å². The molecule has 27 heavy (non-hydrogen) atoms. The van der Waals surface area contributed by atoms with E-state index in [1.807, 2.05) is 38.1 Å². The van der Waals surface area contributed by atoms with Gasteiger partial charge in [0.25, 0.3) is 5.91 Å². The van der Waals surface area contributed by atoms with E-state index in [1.165, 1.54) is 5.56 Å². The molecule has 0 aliphatic rings. The van der Waals surface area contributed by atoms with Crippen molar-refractivity contribution in [3.63, 3.8) is 0 Å². The molecule has 1 aromatic carbocycles. The fourth-order valence-corrected chi connectivity index (χ4v) is 2.03. The first-order chi connectivity index (χ1) is 12.6. The summed E-state index contributed by atoms with van der Waals surface area (Å²) in [6.45, 7) is 10.3. The number of benzene rings is 1. The third-order valence-electron chi connectivity index (χ3n) is 3.58. The summed E-state index contributed by atoms with van der Waals surface area (Å²) in [7, 11) is 0. The highest BCUT2D eigenvalue weighted by molar-refractivity contribution is 5.95. The molecule has 7 heteroatoms. The van der Waals surface area contributed by atoms with Crippen molar-refractivity contribution in [1.82, 2.24) is 10.6 Å². The van der Waals surface area contributed by atoms with Crippen molar-refractivity contribution in [3.05, 3.63) is 29.8 Å². The Bertz CT molecular complexity index is 633. The maximum absolute atomic E-state index is 11.6. The molecular weight excluding hydrogens is 348 g/mol. The van der Waals surface area contributed by atoms with Crippen molar-refractivity contribution in [1.29, 1.82) is 0 Å². The first kappa shape index (κ1) is 22.5. The molecule has 150 valence electrons. The van der Waals surface area contributed by atoms with Gasteiger partial charge in [-0.15, -0.1) is 0 Å². The summed E-state index contributed by atoms with van der Waals surface area (Å²) in [6.07, 6.45) is 0.00779. The standard InChI is InChI=1S/C20H30N2O5/c1-14(2)12-21-19(25)22-17(23)13-27-18(24)10-11-26-16-8-6-15(7-9-16)20(3,4)5/h6-9,14H,10-13H2,1-5H3,(H2,21,22,23,25). The lowest BCUT2D eigenvalue weighted by atomic mass is 9.87. The molecule has 0 atom stereocenters. The van der Waals surface area contributed by atoms with E-state index in [9.17, 15) is 14.4 Å². The molecular formula is C20H30N2O5. The molecule has 0 aromatic heterocycles. The van der Waals surface area contributed by atoms with Crippen LogP contribution in [0.5, 0.6) is 5.75 Å². The van der Waals surface area contributed by atoms with Crippen LogP contribution < -0.4 is 15.4 Å². The van der Waals surface area contributed by atoms with Crippen LogP contribution in [-0.4, -0.2) is 37.7 Å². The van der Waals surface area contributed by atoms with Crippen LogP contribution in [-0.2, 0) is 19.7 Å². The van der Waals surface area contributed by atoms with Gasteiger partial charge in [0.2, 0.25) is 0 Å². The number of hydrogen-bond acceptors (Lipinski definition) is 5. The Balaban J connectivity index is 2.23. The quantitative estimate of drug-likeness (QED) is 0.679. The van der Waals surface area contributed by atoms with Crippen molar-refractivity contribution in [2.24, 2.45) is 5.92 Å². The van der Waals surface area contributed by atoms with E-state index < -0.39 is 24.5 Å². The Labute approximate surface area is 160 Å². The van der Waals surface area contributed by atoms with Crippen LogP contribution in [0.4, 0.5) is 4.79 Å². The molecule has 0 unspecified atom stereocenters. The Morgan fingerprint density at radius 2 is 1.70 bits per heavy atom. The number of ether oxygens (including phenoxy) is 2. The molecule has 0 saturated carbocycles. The number of imide groups is 1. The number of nitrogens with one attached hydrogen (secondary N) is 2. The monoisotopic (exact) mass is 378 g/mol. The molecule has 3 amide bonds. The van der Waals surface area contributed by atoms with Gasteiger partial charge in [-0.25, -0.2) is 4.79 Å². The predicted octanol–water partition coefficient (Wildman–Crippen LogP) is 2.78. The summed E-state index contributed by atoms with van der Waals surface area (Å²) in [4.78, 5) is 34.6. The zero-order valence-corrected chi connectivity index (χ0v) is 16.8. The van der Waals surface area contributed by atoms with Crippen LogP contribution in [0.1, 0.15) is 46.6 Å². The van der Waals surface area contributed by atoms with Gasteiger partial charge in [0, 0.05) is 6.54 Å². The predicted molar refractivity (Wildman–Crippen MR) is 103 cm³/mol. The van der Waals surface area contributed by atoms with E-state index >= 15 is 0 Å². The number of amides is 3. The second kappa shape index (κ2) is 10.5. The van der Waals surface area contributed by atoms with Crippen LogP contribution in [0.3, 0.4) is 0 Å². The average molecular weight is 378 g/mol. The highest BCUT2D eigenvalue weighted by atomic mass is 16.5. The fourth-order valence-electron chi connectivity index (χ4n) is 2.03. The molecule has 2 N–H and O–H groups in total. The van der Waals surface area contributed by atoms with E-state index in [0.717, 1.165) is 0 Å². The SMILES string of the molecule is CC(C)CNC(=O)NC(=O)COC(=O)CCOc1ccc(C(C)(C)C)cc1. The number of hydrogen-bond donors (Lipinski definition) is 2. The Hall–Kier alpha value is -2.57. The van der Waals surface area contributed by atoms with Crippen LogP contribution >= 0.6 is 0 Å². The van der Waals surface area contributed by atoms with E-state index in [-0.39, 0.29) is 24.4 Å². The zero-order chi connectivity index (χ0) is 20.4. The summed E-state index contributed by atoms with van der Waals surface area (Å²) in [6, 6.07) is 7.08. The lowest BCUT2D eigenvalue weighted by Crippen LogP contribution is -2.42. The Morgan fingerprint density at radius 3 is 2.26 bits per heavy atom. The summed E-state index contributed by atoms with van der Waals surface area (Å²) < 4.78 is 10.3. The van der Waals surface area contributed by atoms with Gasteiger partial charge in [0.1, 0.15) is 5.75 Å². The van der Waals surface area contributed by atoms with Crippen LogP contribution in [0.25, 0.3) is 0 Å². The first-order valence-corrected chi connectivity index (χ1v) is 9.04. The third-order valence-corrected chi connectivity index (χ3v) is 3.58. The van der Waals surface area contributed by atoms with E-state index in [2.05, 4.69) is 31.4 Å². The molecule has 1 aromatic rings. The number of carbonyl (C=O) groups is 3. The first-order valence-electron chi connectivity index (χ1n) is 9.04. The van der Waals surface area contributed by atoms with Crippen molar-refractivity contribution < 1.29 is 23.9 Å². The number of urea groups is 1. The van der Waals surface area contributed by atoms with Gasteiger partial charge in [0.15, 0.2) is 6.61 Å². The Kier molecular flexibility index (Phi) is 8.78. The molecule has 0 aliphatic carbocycles. The van der Waals surface area contributed by atoms with Crippen molar-refractivity contribution in [3.8, 4) is 5.75 Å². The van der Waals surface area contributed by atoms with Crippen LogP contribution in [0.15, 0.2) is 24.3 Å². The smallest absolute Gasteiger partial charge is 0.321 e.